The zero-order chi connectivity index (χ0) is 22.1. The smallest absolute Gasteiger partial charge is 0.346 e. The van der Waals surface area contributed by atoms with Gasteiger partial charge in [0.2, 0.25) is 5.91 Å². The highest BCUT2D eigenvalue weighted by Crippen LogP contribution is 2.29. The fraction of sp³-hybridized carbons (Fsp3) is 0.353. The second kappa shape index (κ2) is 8.00. The maximum absolute atomic E-state index is 13.1. The van der Waals surface area contributed by atoms with E-state index in [0.717, 1.165) is 11.6 Å². The van der Waals surface area contributed by atoms with E-state index >= 15 is 0 Å². The van der Waals surface area contributed by atoms with Crippen LogP contribution in [0, 0.1) is 6.92 Å². The minimum Gasteiger partial charge on any atom is -0.346 e. The molecular formula is C17H19F3N8O2. The van der Waals surface area contributed by atoms with E-state index in [1.807, 2.05) is 0 Å². The van der Waals surface area contributed by atoms with Crippen LogP contribution in [0.5, 0.6) is 0 Å². The number of anilines is 1. The summed E-state index contributed by atoms with van der Waals surface area (Å²) < 4.78 is 42.6. The fourth-order valence-corrected chi connectivity index (χ4v) is 2.85. The van der Waals surface area contributed by atoms with Gasteiger partial charge in [-0.25, -0.2) is 0 Å². The maximum atomic E-state index is 13.1. The summed E-state index contributed by atoms with van der Waals surface area (Å²) in [4.78, 5) is 24.9. The van der Waals surface area contributed by atoms with Crippen LogP contribution in [0.15, 0.2) is 24.7 Å². The number of amides is 2. The van der Waals surface area contributed by atoms with Crippen LogP contribution in [0.25, 0.3) is 0 Å². The number of nitrogens with zero attached hydrogens (tertiary/aromatic N) is 6. The van der Waals surface area contributed by atoms with Gasteiger partial charge in [0.25, 0.3) is 5.91 Å². The molecule has 0 atom stereocenters. The Balaban J connectivity index is 1.70. The Morgan fingerprint density at radius 1 is 1.17 bits per heavy atom. The van der Waals surface area contributed by atoms with E-state index in [1.165, 1.54) is 24.9 Å². The number of rotatable bonds is 6. The van der Waals surface area contributed by atoms with Crippen LogP contribution in [0.4, 0.5) is 18.9 Å². The lowest BCUT2D eigenvalue weighted by molar-refractivity contribution is -0.144. The van der Waals surface area contributed by atoms with Crippen LogP contribution in [-0.4, -0.2) is 41.2 Å². The summed E-state index contributed by atoms with van der Waals surface area (Å²) in [5.41, 5.74) is -0.00126. The van der Waals surface area contributed by atoms with Gasteiger partial charge in [0.15, 0.2) is 0 Å². The Hall–Kier alpha value is -3.64. The summed E-state index contributed by atoms with van der Waals surface area (Å²) in [7, 11) is 3.25. The van der Waals surface area contributed by atoms with Gasteiger partial charge in [-0.3, -0.25) is 23.6 Å². The minimum atomic E-state index is -4.65. The summed E-state index contributed by atoms with van der Waals surface area (Å²) in [6.45, 7) is 0.927. The lowest BCUT2D eigenvalue weighted by atomic mass is 10.3. The molecule has 3 heterocycles. The van der Waals surface area contributed by atoms with Crippen molar-refractivity contribution in [1.82, 2.24) is 34.7 Å². The van der Waals surface area contributed by atoms with Crippen molar-refractivity contribution in [2.75, 3.05) is 5.32 Å². The van der Waals surface area contributed by atoms with Crippen molar-refractivity contribution in [1.29, 1.82) is 0 Å². The number of halogens is 3. The number of alkyl halides is 3. The molecule has 3 rings (SSSR count). The average Bonchev–Trinajstić information content (AvgIpc) is 3.32. The molecule has 0 saturated carbocycles. The molecular weight excluding hydrogens is 405 g/mol. The van der Waals surface area contributed by atoms with Crippen molar-refractivity contribution in [3.05, 3.63) is 47.3 Å². The van der Waals surface area contributed by atoms with E-state index in [1.54, 1.807) is 24.1 Å². The Kier molecular flexibility index (Phi) is 5.62. The van der Waals surface area contributed by atoms with Gasteiger partial charge in [0, 0.05) is 32.4 Å². The second-order valence-electron chi connectivity index (χ2n) is 6.61. The first-order chi connectivity index (χ1) is 14.0. The molecule has 0 aromatic carbocycles. The molecule has 160 valence electrons. The predicted molar refractivity (Wildman–Crippen MR) is 98.2 cm³/mol. The number of nitrogens with one attached hydrogen (secondary N) is 2. The molecule has 30 heavy (non-hydrogen) atoms. The van der Waals surface area contributed by atoms with Crippen molar-refractivity contribution in [2.45, 2.75) is 26.2 Å². The van der Waals surface area contributed by atoms with Crippen molar-refractivity contribution in [3.8, 4) is 0 Å². The van der Waals surface area contributed by atoms with E-state index < -0.39 is 30.2 Å². The van der Waals surface area contributed by atoms with Crippen LogP contribution >= 0.6 is 0 Å². The molecule has 10 nitrogen and oxygen atoms in total. The third kappa shape index (κ3) is 4.67. The molecule has 0 aliphatic heterocycles. The maximum Gasteiger partial charge on any atom is 0.433 e. The van der Waals surface area contributed by atoms with Gasteiger partial charge in [-0.2, -0.15) is 28.5 Å². The number of carbonyl (C=O) groups excluding carboxylic acids is 2. The molecule has 0 saturated heterocycles. The van der Waals surface area contributed by atoms with Gasteiger partial charge in [-0.05, 0) is 13.0 Å². The Morgan fingerprint density at radius 2 is 1.90 bits per heavy atom. The van der Waals surface area contributed by atoms with Crippen LogP contribution in [-0.2, 0) is 38.2 Å². The highest BCUT2D eigenvalue weighted by Gasteiger charge is 2.36. The molecule has 0 aliphatic carbocycles. The highest BCUT2D eigenvalue weighted by molar-refractivity contribution is 6.02. The normalized spacial score (nSPS) is 11.5. The number of carbonyl (C=O) groups is 2. The van der Waals surface area contributed by atoms with Gasteiger partial charge in [-0.1, -0.05) is 0 Å². The largest absolute Gasteiger partial charge is 0.433 e. The van der Waals surface area contributed by atoms with Gasteiger partial charge < -0.3 is 10.6 Å². The quantitative estimate of drug-likeness (QED) is 0.619. The van der Waals surface area contributed by atoms with E-state index in [9.17, 15) is 22.8 Å². The van der Waals surface area contributed by atoms with Crippen molar-refractivity contribution in [3.63, 3.8) is 0 Å². The molecule has 2 N–H and O–H groups in total. The molecule has 3 aromatic rings. The summed E-state index contributed by atoms with van der Waals surface area (Å²) in [6, 6.07) is 0.856. The van der Waals surface area contributed by atoms with Crippen molar-refractivity contribution >= 4 is 17.5 Å². The molecule has 0 bridgehead atoms. The van der Waals surface area contributed by atoms with Crippen LogP contribution in [0.2, 0.25) is 0 Å². The third-order valence-electron chi connectivity index (χ3n) is 4.13. The first kappa shape index (κ1) is 21.1. The summed E-state index contributed by atoms with van der Waals surface area (Å²) in [6.07, 6.45) is -0.0733. The number of aryl methyl sites for hydroxylation is 3. The Labute approximate surface area is 168 Å². The fourth-order valence-electron chi connectivity index (χ4n) is 2.85. The highest BCUT2D eigenvalue weighted by atomic mass is 19.4. The van der Waals surface area contributed by atoms with E-state index in [4.69, 9.17) is 0 Å². The lowest BCUT2D eigenvalue weighted by Crippen LogP contribution is -2.28. The van der Waals surface area contributed by atoms with Gasteiger partial charge in [0.1, 0.15) is 17.9 Å². The first-order valence-electron chi connectivity index (χ1n) is 8.74. The molecule has 3 aromatic heterocycles. The van der Waals surface area contributed by atoms with Gasteiger partial charge in [0.05, 0.1) is 23.8 Å². The van der Waals surface area contributed by atoms with Crippen molar-refractivity contribution < 1.29 is 22.8 Å². The van der Waals surface area contributed by atoms with Gasteiger partial charge >= 0.3 is 6.18 Å². The van der Waals surface area contributed by atoms with E-state index in [2.05, 4.69) is 25.9 Å². The minimum absolute atomic E-state index is 0.0555. The van der Waals surface area contributed by atoms with Crippen LogP contribution < -0.4 is 10.6 Å². The summed E-state index contributed by atoms with van der Waals surface area (Å²) in [5, 5.41) is 16.8. The van der Waals surface area contributed by atoms with Crippen molar-refractivity contribution in [2.24, 2.45) is 14.1 Å². The van der Waals surface area contributed by atoms with Crippen LogP contribution in [0.3, 0.4) is 0 Å². The Morgan fingerprint density at radius 3 is 2.53 bits per heavy atom. The predicted octanol–water partition coefficient (Wildman–Crippen LogP) is 1.25. The van der Waals surface area contributed by atoms with Crippen LogP contribution in [0.1, 0.15) is 27.4 Å². The summed E-state index contributed by atoms with van der Waals surface area (Å²) >= 11 is 0. The zero-order valence-corrected chi connectivity index (χ0v) is 16.4. The molecule has 0 fully saturated rings. The Bertz CT molecular complexity index is 1080. The number of aromatic nitrogens is 6. The monoisotopic (exact) mass is 424 g/mol. The number of hydrogen-bond donors (Lipinski definition) is 2. The first-order valence-corrected chi connectivity index (χ1v) is 8.74. The van der Waals surface area contributed by atoms with E-state index in [0.29, 0.717) is 4.68 Å². The van der Waals surface area contributed by atoms with Gasteiger partial charge in [-0.15, -0.1) is 0 Å². The molecule has 0 radical (unpaired) electrons. The topological polar surface area (TPSA) is 112 Å². The number of hydrogen-bond acceptors (Lipinski definition) is 5. The summed E-state index contributed by atoms with van der Waals surface area (Å²) in [5.74, 6) is -1.29. The molecule has 0 aliphatic rings. The second-order valence-corrected chi connectivity index (χ2v) is 6.61. The third-order valence-corrected chi connectivity index (χ3v) is 4.13. The molecule has 13 heteroatoms. The zero-order valence-electron chi connectivity index (χ0n) is 16.4. The molecule has 2 amide bonds. The standard InChI is InChI=1S/C17H19F3N8O2/c1-10-4-13(17(18,19)20)28(25-10)9-14(29)24-12-7-23-27(3)15(12)16(30)21-5-11-6-22-26(2)8-11/h4,6-8H,5,9H2,1-3H3,(H,21,30)(H,24,29). The molecule has 0 unspecified atom stereocenters. The SMILES string of the molecule is Cc1cc(C(F)(F)F)n(CC(=O)Nc2cnn(C)c2C(=O)NCc2cnn(C)c2)n1. The lowest BCUT2D eigenvalue weighted by Gasteiger charge is -2.11. The molecule has 0 spiro atoms. The van der Waals surface area contributed by atoms with E-state index in [-0.39, 0.29) is 23.6 Å². The average molecular weight is 424 g/mol.